The van der Waals surface area contributed by atoms with E-state index in [9.17, 15) is 9.59 Å². The van der Waals surface area contributed by atoms with Crippen molar-refractivity contribution in [1.29, 1.82) is 0 Å². The van der Waals surface area contributed by atoms with Crippen molar-refractivity contribution in [2.45, 2.75) is 26.3 Å². The highest BCUT2D eigenvalue weighted by molar-refractivity contribution is 5.91. The Morgan fingerprint density at radius 3 is 3.00 bits per heavy atom. The Kier molecular flexibility index (Phi) is 5.78. The Bertz CT molecular complexity index is 404. The second-order valence-electron chi connectivity index (χ2n) is 3.50. The molecule has 18 heavy (non-hydrogen) atoms. The van der Waals surface area contributed by atoms with E-state index < -0.39 is 12.0 Å². The van der Waals surface area contributed by atoms with Crippen molar-refractivity contribution in [2.75, 3.05) is 13.2 Å². The van der Waals surface area contributed by atoms with Crippen LogP contribution in [-0.2, 0) is 22.5 Å². The van der Waals surface area contributed by atoms with E-state index in [1.165, 1.54) is 4.68 Å². The molecular formula is C10H16N4O4. The minimum atomic E-state index is -0.775. The molecule has 1 heterocycles. The zero-order valence-corrected chi connectivity index (χ0v) is 10.1. The largest absolute Gasteiger partial charge is 0.450 e. The van der Waals surface area contributed by atoms with Crippen LogP contribution in [0, 0.1) is 0 Å². The molecule has 8 nitrogen and oxygen atoms in total. The normalized spacial score (nSPS) is 10.1. The Balaban J connectivity index is 2.39. The molecule has 0 aliphatic carbocycles. The summed E-state index contributed by atoms with van der Waals surface area (Å²) in [6.07, 6.45) is 2.01. The standard InChI is InChI=1S/C10H16N4O4/c1-2-18-10(17)11-9(16)7-14-6-8(12-13-14)4-3-5-15/h6,15H,2-5,7H2,1H3,(H,11,16,17). The van der Waals surface area contributed by atoms with Crippen molar-refractivity contribution >= 4 is 12.0 Å². The van der Waals surface area contributed by atoms with Gasteiger partial charge in [-0.3, -0.25) is 10.1 Å². The zero-order chi connectivity index (χ0) is 13.4. The van der Waals surface area contributed by atoms with Gasteiger partial charge >= 0.3 is 6.09 Å². The van der Waals surface area contributed by atoms with Crippen molar-refractivity contribution in [3.05, 3.63) is 11.9 Å². The van der Waals surface area contributed by atoms with Gasteiger partial charge in [-0.2, -0.15) is 0 Å². The number of ether oxygens (including phenoxy) is 1. The second-order valence-corrected chi connectivity index (χ2v) is 3.50. The third kappa shape index (κ3) is 4.91. The highest BCUT2D eigenvalue weighted by Gasteiger charge is 2.10. The van der Waals surface area contributed by atoms with Crippen molar-refractivity contribution in [3.8, 4) is 0 Å². The molecule has 0 saturated carbocycles. The van der Waals surface area contributed by atoms with E-state index in [0.717, 1.165) is 0 Å². The van der Waals surface area contributed by atoms with E-state index in [1.54, 1.807) is 13.1 Å². The van der Waals surface area contributed by atoms with Gasteiger partial charge in [0.05, 0.1) is 12.3 Å². The Hall–Kier alpha value is -1.96. The zero-order valence-electron chi connectivity index (χ0n) is 10.1. The number of aryl methyl sites for hydroxylation is 1. The van der Waals surface area contributed by atoms with Gasteiger partial charge in [0.2, 0.25) is 0 Å². The molecule has 0 aliphatic rings. The molecular weight excluding hydrogens is 240 g/mol. The Morgan fingerprint density at radius 1 is 1.56 bits per heavy atom. The number of aromatic nitrogens is 3. The summed E-state index contributed by atoms with van der Waals surface area (Å²) < 4.78 is 5.89. The van der Waals surface area contributed by atoms with Crippen molar-refractivity contribution < 1.29 is 19.4 Å². The van der Waals surface area contributed by atoms with E-state index in [-0.39, 0.29) is 19.8 Å². The third-order valence-corrected chi connectivity index (χ3v) is 2.00. The summed E-state index contributed by atoms with van der Waals surface area (Å²) in [7, 11) is 0. The van der Waals surface area contributed by atoms with Crippen LogP contribution in [0.25, 0.3) is 0 Å². The van der Waals surface area contributed by atoms with Gasteiger partial charge in [0.15, 0.2) is 0 Å². The second kappa shape index (κ2) is 7.38. The number of nitrogens with zero attached hydrogens (tertiary/aromatic N) is 3. The molecule has 1 aromatic rings. The minimum Gasteiger partial charge on any atom is -0.450 e. The highest BCUT2D eigenvalue weighted by atomic mass is 16.5. The highest BCUT2D eigenvalue weighted by Crippen LogP contribution is 1.97. The Morgan fingerprint density at radius 2 is 2.33 bits per heavy atom. The van der Waals surface area contributed by atoms with Gasteiger partial charge < -0.3 is 9.84 Å². The number of aliphatic hydroxyl groups excluding tert-OH is 1. The first kappa shape index (κ1) is 14.1. The van der Waals surface area contributed by atoms with E-state index in [1.807, 2.05) is 0 Å². The summed E-state index contributed by atoms with van der Waals surface area (Å²) in [4.78, 5) is 22.3. The number of imide groups is 1. The number of amides is 2. The first-order valence-electron chi connectivity index (χ1n) is 5.62. The molecule has 0 radical (unpaired) electrons. The van der Waals surface area contributed by atoms with E-state index in [4.69, 9.17) is 5.11 Å². The molecule has 0 atom stereocenters. The SMILES string of the molecule is CCOC(=O)NC(=O)Cn1cc(CCCO)nn1. The molecule has 0 fully saturated rings. The molecule has 0 bridgehead atoms. The smallest absolute Gasteiger partial charge is 0.413 e. The lowest BCUT2D eigenvalue weighted by molar-refractivity contribution is -0.121. The van der Waals surface area contributed by atoms with Crippen molar-refractivity contribution in [3.63, 3.8) is 0 Å². The molecule has 1 rings (SSSR count). The van der Waals surface area contributed by atoms with Crippen LogP contribution in [0.5, 0.6) is 0 Å². The van der Waals surface area contributed by atoms with Crippen LogP contribution in [0.3, 0.4) is 0 Å². The molecule has 0 spiro atoms. The fraction of sp³-hybridized carbons (Fsp3) is 0.600. The van der Waals surface area contributed by atoms with Crippen molar-refractivity contribution in [2.24, 2.45) is 0 Å². The average molecular weight is 256 g/mol. The van der Waals surface area contributed by atoms with E-state index >= 15 is 0 Å². The first-order valence-corrected chi connectivity index (χ1v) is 5.62. The summed E-state index contributed by atoms with van der Waals surface area (Å²) >= 11 is 0. The van der Waals surface area contributed by atoms with Gasteiger partial charge in [-0.05, 0) is 19.8 Å². The maximum Gasteiger partial charge on any atom is 0.413 e. The van der Waals surface area contributed by atoms with Crippen LogP contribution < -0.4 is 5.32 Å². The maximum atomic E-state index is 11.4. The molecule has 0 unspecified atom stereocenters. The number of aliphatic hydroxyl groups is 1. The molecule has 2 N–H and O–H groups in total. The predicted octanol–water partition coefficient (Wildman–Crippen LogP) is -0.524. The van der Waals surface area contributed by atoms with Gasteiger partial charge in [-0.15, -0.1) is 5.10 Å². The quantitative estimate of drug-likeness (QED) is 0.709. The lowest BCUT2D eigenvalue weighted by Gasteiger charge is -2.03. The summed E-state index contributed by atoms with van der Waals surface area (Å²) in [6, 6.07) is 0. The lowest BCUT2D eigenvalue weighted by atomic mass is 10.3. The fourth-order valence-electron chi connectivity index (χ4n) is 1.26. The van der Waals surface area contributed by atoms with Crippen LogP contribution >= 0.6 is 0 Å². The van der Waals surface area contributed by atoms with E-state index in [0.29, 0.717) is 18.5 Å². The maximum absolute atomic E-state index is 11.4. The monoisotopic (exact) mass is 256 g/mol. The molecule has 2 amide bonds. The van der Waals surface area contributed by atoms with E-state index in [2.05, 4.69) is 20.4 Å². The number of rotatable bonds is 6. The molecule has 100 valence electrons. The van der Waals surface area contributed by atoms with Crippen LogP contribution in [0.1, 0.15) is 19.0 Å². The third-order valence-electron chi connectivity index (χ3n) is 2.00. The van der Waals surface area contributed by atoms with Crippen LogP contribution in [0.2, 0.25) is 0 Å². The van der Waals surface area contributed by atoms with Gasteiger partial charge in [-0.1, -0.05) is 5.21 Å². The molecule has 0 saturated heterocycles. The summed E-state index contributed by atoms with van der Waals surface area (Å²) in [6.45, 7) is 1.82. The number of carbonyl (C=O) groups excluding carboxylic acids is 2. The summed E-state index contributed by atoms with van der Waals surface area (Å²) in [5.74, 6) is -0.521. The molecule has 0 aromatic carbocycles. The fourth-order valence-corrected chi connectivity index (χ4v) is 1.26. The Labute approximate surface area is 104 Å². The number of alkyl carbamates (subject to hydrolysis) is 1. The number of carbonyl (C=O) groups is 2. The summed E-state index contributed by atoms with van der Waals surface area (Å²) in [5, 5.41) is 18.3. The topological polar surface area (TPSA) is 106 Å². The molecule has 8 heteroatoms. The number of nitrogens with one attached hydrogen (secondary N) is 1. The lowest BCUT2D eigenvalue weighted by Crippen LogP contribution is -2.33. The number of hydrogen-bond donors (Lipinski definition) is 2. The number of hydrogen-bond acceptors (Lipinski definition) is 6. The van der Waals surface area contributed by atoms with Crippen LogP contribution in [0.15, 0.2) is 6.20 Å². The van der Waals surface area contributed by atoms with Gasteiger partial charge in [-0.25, -0.2) is 9.48 Å². The van der Waals surface area contributed by atoms with Gasteiger partial charge in [0.1, 0.15) is 6.54 Å². The van der Waals surface area contributed by atoms with Gasteiger partial charge in [0.25, 0.3) is 5.91 Å². The minimum absolute atomic E-state index is 0.0796. The average Bonchev–Trinajstić information content (AvgIpc) is 2.74. The van der Waals surface area contributed by atoms with Gasteiger partial charge in [0, 0.05) is 12.8 Å². The summed E-state index contributed by atoms with van der Waals surface area (Å²) in [5.41, 5.74) is 0.688. The van der Waals surface area contributed by atoms with Crippen LogP contribution in [0.4, 0.5) is 4.79 Å². The predicted molar refractivity (Wildman–Crippen MR) is 60.6 cm³/mol. The molecule has 1 aromatic heterocycles. The van der Waals surface area contributed by atoms with Crippen LogP contribution in [-0.4, -0.2) is 45.3 Å². The van der Waals surface area contributed by atoms with Crippen molar-refractivity contribution in [1.82, 2.24) is 20.3 Å². The first-order chi connectivity index (χ1) is 8.65. The molecule has 0 aliphatic heterocycles.